The Bertz CT molecular complexity index is 1060. The molecule has 7 heteroatoms. The van der Waals surface area contributed by atoms with Gasteiger partial charge >= 0.3 is 5.97 Å². The molecule has 0 amide bonds. The number of cyclic esters (lactones) is 1. The maximum atomic E-state index is 13.0. The molecule has 0 fully saturated rings. The third-order valence-electron chi connectivity index (χ3n) is 5.31. The number of allylic oxidation sites excluding steroid dienone is 3. The Morgan fingerprint density at radius 3 is 2.61 bits per heavy atom. The van der Waals surface area contributed by atoms with Crippen LogP contribution in [0.3, 0.4) is 0 Å². The normalized spacial score (nSPS) is 20.8. The fourth-order valence-corrected chi connectivity index (χ4v) is 3.45. The molecule has 1 heterocycles. The van der Waals surface area contributed by atoms with Crippen molar-refractivity contribution < 1.29 is 24.6 Å². The highest BCUT2D eigenvalue weighted by atomic mass is 35.5. The molecule has 2 atom stereocenters. The zero-order valence-corrected chi connectivity index (χ0v) is 19.4. The van der Waals surface area contributed by atoms with Gasteiger partial charge in [0.25, 0.3) is 0 Å². The Morgan fingerprint density at radius 2 is 1.85 bits per heavy atom. The van der Waals surface area contributed by atoms with Gasteiger partial charge in [0, 0.05) is 17.5 Å². The standard InChI is InChI=1S/C26H28ClNO5/c1-17-10-6-3-4-9-13-20(28-32-16-19-11-7-5-8-12-19)14-21-24(26(31)33-18(17)2)22(29)15-23(30)25(21)27/h5-15,17-18,28-30H,3-4,16H2,1-2H3/b10-6?,13-9?,20-14-/t17-,18+/m0/s1. The summed E-state index contributed by atoms with van der Waals surface area (Å²) in [6, 6.07) is 10.7. The van der Waals surface area contributed by atoms with E-state index in [4.69, 9.17) is 21.2 Å². The molecule has 0 saturated heterocycles. The lowest BCUT2D eigenvalue weighted by Crippen LogP contribution is -2.22. The molecule has 0 aromatic heterocycles. The number of hydroxylamine groups is 1. The Kier molecular flexibility index (Phi) is 8.58. The number of rotatable bonds is 4. The molecule has 0 spiro atoms. The van der Waals surface area contributed by atoms with Crippen molar-refractivity contribution in [3.63, 3.8) is 0 Å². The SMILES string of the molecule is C[C@H]1C=CCCC=C/C(NOCc2ccccc2)=C/c2c(Cl)c(O)cc(O)c2C(=O)O[C@@H]1C. The minimum atomic E-state index is -0.737. The molecule has 2 aromatic rings. The van der Waals surface area contributed by atoms with Crippen LogP contribution in [0.25, 0.3) is 6.08 Å². The summed E-state index contributed by atoms with van der Waals surface area (Å²) >= 11 is 6.34. The second-order valence-corrected chi connectivity index (χ2v) is 8.25. The van der Waals surface area contributed by atoms with Gasteiger partial charge in [-0.1, -0.05) is 67.1 Å². The Labute approximate surface area is 198 Å². The second-order valence-electron chi connectivity index (χ2n) is 7.87. The van der Waals surface area contributed by atoms with E-state index in [-0.39, 0.29) is 27.8 Å². The molecule has 0 unspecified atom stereocenters. The number of phenols is 2. The highest BCUT2D eigenvalue weighted by Gasteiger charge is 2.25. The van der Waals surface area contributed by atoms with Gasteiger partial charge in [0.2, 0.25) is 0 Å². The van der Waals surface area contributed by atoms with Crippen LogP contribution in [-0.4, -0.2) is 22.3 Å². The fourth-order valence-electron chi connectivity index (χ4n) is 3.25. The number of hydrogen-bond donors (Lipinski definition) is 3. The van der Waals surface area contributed by atoms with Crippen LogP contribution in [-0.2, 0) is 16.2 Å². The number of aromatic hydroxyl groups is 2. The molecular formula is C26H28ClNO5. The molecule has 2 aromatic carbocycles. The van der Waals surface area contributed by atoms with Gasteiger partial charge in [-0.05, 0) is 37.5 Å². The highest BCUT2D eigenvalue weighted by molar-refractivity contribution is 6.34. The Balaban J connectivity index is 1.99. The number of fused-ring (bicyclic) bond motifs is 1. The van der Waals surface area contributed by atoms with Crippen molar-refractivity contribution >= 4 is 23.6 Å². The first-order chi connectivity index (χ1) is 15.9. The first kappa shape index (κ1) is 24.4. The Hall–Kier alpha value is -3.22. The summed E-state index contributed by atoms with van der Waals surface area (Å²) in [6.07, 6.45) is 10.5. The highest BCUT2D eigenvalue weighted by Crippen LogP contribution is 2.38. The third-order valence-corrected chi connectivity index (χ3v) is 5.70. The number of ether oxygens (including phenoxy) is 1. The predicted octanol–water partition coefficient (Wildman–Crippen LogP) is 5.90. The smallest absolute Gasteiger partial charge is 0.342 e. The number of nitrogens with one attached hydrogen (secondary N) is 1. The largest absolute Gasteiger partial charge is 0.507 e. The Morgan fingerprint density at radius 1 is 1.12 bits per heavy atom. The zero-order valence-electron chi connectivity index (χ0n) is 18.6. The van der Waals surface area contributed by atoms with E-state index in [0.717, 1.165) is 24.5 Å². The lowest BCUT2D eigenvalue weighted by molar-refractivity contribution is 0.0262. The molecule has 0 radical (unpaired) electrons. The maximum Gasteiger partial charge on any atom is 0.342 e. The van der Waals surface area contributed by atoms with E-state index in [0.29, 0.717) is 12.3 Å². The minimum Gasteiger partial charge on any atom is -0.507 e. The van der Waals surface area contributed by atoms with E-state index in [2.05, 4.69) is 5.48 Å². The van der Waals surface area contributed by atoms with Gasteiger partial charge < -0.3 is 14.9 Å². The second kappa shape index (κ2) is 11.6. The van der Waals surface area contributed by atoms with Crippen molar-refractivity contribution in [3.8, 4) is 11.5 Å². The monoisotopic (exact) mass is 469 g/mol. The summed E-state index contributed by atoms with van der Waals surface area (Å²) in [5, 5.41) is 20.6. The van der Waals surface area contributed by atoms with E-state index in [1.54, 1.807) is 13.0 Å². The van der Waals surface area contributed by atoms with Gasteiger partial charge in [0.1, 0.15) is 23.2 Å². The van der Waals surface area contributed by atoms with Gasteiger partial charge in [0.05, 0.1) is 17.3 Å². The molecule has 0 aliphatic carbocycles. The minimum absolute atomic E-state index is 0.0155. The zero-order chi connectivity index (χ0) is 23.8. The van der Waals surface area contributed by atoms with Gasteiger partial charge in [-0.15, -0.1) is 0 Å². The van der Waals surface area contributed by atoms with E-state index in [1.807, 2.05) is 55.5 Å². The average Bonchev–Trinajstić information content (AvgIpc) is 2.79. The van der Waals surface area contributed by atoms with E-state index >= 15 is 0 Å². The summed E-state index contributed by atoms with van der Waals surface area (Å²) in [6.45, 7) is 4.04. The van der Waals surface area contributed by atoms with Crippen LogP contribution >= 0.6 is 11.6 Å². The van der Waals surface area contributed by atoms with Crippen molar-refractivity contribution in [3.05, 3.63) is 88.1 Å². The molecule has 174 valence electrons. The van der Waals surface area contributed by atoms with E-state index in [9.17, 15) is 15.0 Å². The summed E-state index contributed by atoms with van der Waals surface area (Å²) in [7, 11) is 0. The molecule has 1 aliphatic rings. The van der Waals surface area contributed by atoms with Crippen LogP contribution in [0.4, 0.5) is 0 Å². The van der Waals surface area contributed by atoms with Crippen LogP contribution in [0.2, 0.25) is 5.02 Å². The number of esters is 1. The van der Waals surface area contributed by atoms with Gasteiger partial charge in [0.15, 0.2) is 0 Å². The summed E-state index contributed by atoms with van der Waals surface area (Å²) < 4.78 is 5.59. The number of carbonyl (C=O) groups is 1. The van der Waals surface area contributed by atoms with Crippen molar-refractivity contribution in [2.24, 2.45) is 5.92 Å². The summed E-state index contributed by atoms with van der Waals surface area (Å²) in [5.41, 5.74) is 4.32. The third kappa shape index (κ3) is 6.63. The lowest BCUT2D eigenvalue weighted by atomic mass is 10.0. The number of halogens is 1. The number of hydrogen-bond acceptors (Lipinski definition) is 6. The van der Waals surface area contributed by atoms with Crippen LogP contribution in [0, 0.1) is 5.92 Å². The van der Waals surface area contributed by atoms with E-state index in [1.165, 1.54) is 6.08 Å². The van der Waals surface area contributed by atoms with Crippen LogP contribution in [0.15, 0.2) is 66.4 Å². The maximum absolute atomic E-state index is 13.0. The summed E-state index contributed by atoms with van der Waals surface area (Å²) in [4.78, 5) is 18.6. The van der Waals surface area contributed by atoms with Crippen molar-refractivity contribution in [2.75, 3.05) is 0 Å². The van der Waals surface area contributed by atoms with Gasteiger partial charge in [-0.3, -0.25) is 10.3 Å². The van der Waals surface area contributed by atoms with Crippen molar-refractivity contribution in [1.29, 1.82) is 0 Å². The molecule has 0 bridgehead atoms. The van der Waals surface area contributed by atoms with Crippen molar-refractivity contribution in [2.45, 2.75) is 39.4 Å². The van der Waals surface area contributed by atoms with Gasteiger partial charge in [-0.25, -0.2) is 4.79 Å². The van der Waals surface area contributed by atoms with Crippen molar-refractivity contribution in [1.82, 2.24) is 5.48 Å². The number of carbonyl (C=O) groups excluding carboxylic acids is 1. The molecular weight excluding hydrogens is 442 g/mol. The van der Waals surface area contributed by atoms with Crippen LogP contribution in [0.1, 0.15) is 48.2 Å². The van der Waals surface area contributed by atoms with Gasteiger partial charge in [-0.2, -0.15) is 0 Å². The molecule has 3 N–H and O–H groups in total. The van der Waals surface area contributed by atoms with Crippen LogP contribution in [0.5, 0.6) is 11.5 Å². The molecule has 0 saturated carbocycles. The predicted molar refractivity (Wildman–Crippen MR) is 129 cm³/mol. The fraction of sp³-hybridized carbons (Fsp3) is 0.269. The summed E-state index contributed by atoms with van der Waals surface area (Å²) in [5.74, 6) is -1.53. The number of phenolic OH excluding ortho intramolecular Hbond substituents is 2. The first-order valence-electron chi connectivity index (χ1n) is 10.8. The average molecular weight is 470 g/mol. The molecule has 1 aliphatic heterocycles. The topological polar surface area (TPSA) is 88.0 Å². The van der Waals surface area contributed by atoms with Crippen LogP contribution < -0.4 is 5.48 Å². The first-order valence-corrected chi connectivity index (χ1v) is 11.2. The molecule has 3 rings (SSSR count). The molecule has 33 heavy (non-hydrogen) atoms. The quantitative estimate of drug-likeness (QED) is 0.293. The molecule has 6 nitrogen and oxygen atoms in total. The number of benzene rings is 2. The van der Waals surface area contributed by atoms with E-state index < -0.39 is 17.8 Å². The lowest BCUT2D eigenvalue weighted by Gasteiger charge is -2.20.